The van der Waals surface area contributed by atoms with E-state index in [4.69, 9.17) is 4.74 Å². The van der Waals surface area contributed by atoms with Crippen LogP contribution in [0.1, 0.15) is 65.7 Å². The Bertz CT molecular complexity index is 243. The summed E-state index contributed by atoms with van der Waals surface area (Å²) >= 11 is 0. The maximum Gasteiger partial charge on any atom is 0.0734 e. The molecule has 0 bridgehead atoms. The number of likely N-dealkylation sites (N-methyl/N-ethyl adjacent to an activating group) is 1. The summed E-state index contributed by atoms with van der Waals surface area (Å²) in [6.45, 7) is 8.03. The van der Waals surface area contributed by atoms with Crippen LogP contribution >= 0.6 is 0 Å². The van der Waals surface area contributed by atoms with Crippen molar-refractivity contribution in [2.24, 2.45) is 11.8 Å². The zero-order chi connectivity index (χ0) is 13.0. The topological polar surface area (TPSA) is 21.3 Å². The van der Waals surface area contributed by atoms with E-state index < -0.39 is 0 Å². The molecule has 2 heteroatoms. The third kappa shape index (κ3) is 3.96. The van der Waals surface area contributed by atoms with Gasteiger partial charge in [-0.3, -0.25) is 0 Å². The fourth-order valence-electron chi connectivity index (χ4n) is 3.72. The van der Waals surface area contributed by atoms with E-state index in [-0.39, 0.29) is 0 Å². The van der Waals surface area contributed by atoms with Gasteiger partial charge in [0.05, 0.1) is 12.2 Å². The first-order chi connectivity index (χ1) is 8.69. The molecular weight excluding hydrogens is 222 g/mol. The highest BCUT2D eigenvalue weighted by molar-refractivity contribution is 4.86. The van der Waals surface area contributed by atoms with Gasteiger partial charge in [-0.15, -0.1) is 0 Å². The van der Waals surface area contributed by atoms with E-state index >= 15 is 0 Å². The summed E-state index contributed by atoms with van der Waals surface area (Å²) in [6, 6.07) is 0.600. The Morgan fingerprint density at radius 3 is 2.50 bits per heavy atom. The lowest BCUT2D eigenvalue weighted by Gasteiger charge is -2.39. The normalized spacial score (nSPS) is 41.8. The fraction of sp³-hybridized carbons (Fsp3) is 1.00. The van der Waals surface area contributed by atoms with Crippen LogP contribution in [0.4, 0.5) is 0 Å². The molecule has 2 fully saturated rings. The van der Waals surface area contributed by atoms with E-state index in [2.05, 4.69) is 26.1 Å². The van der Waals surface area contributed by atoms with Crippen molar-refractivity contribution in [3.8, 4) is 0 Å². The van der Waals surface area contributed by atoms with Gasteiger partial charge in [-0.05, 0) is 50.5 Å². The minimum absolute atomic E-state index is 0.462. The van der Waals surface area contributed by atoms with Gasteiger partial charge in [0, 0.05) is 6.04 Å². The molecule has 18 heavy (non-hydrogen) atoms. The van der Waals surface area contributed by atoms with E-state index in [0.29, 0.717) is 18.2 Å². The molecule has 0 aromatic carbocycles. The maximum absolute atomic E-state index is 6.48. The van der Waals surface area contributed by atoms with Gasteiger partial charge in [0.15, 0.2) is 0 Å². The second-order valence-electron chi connectivity index (χ2n) is 6.65. The summed E-state index contributed by atoms with van der Waals surface area (Å²) in [4.78, 5) is 0. The minimum atomic E-state index is 0.462. The van der Waals surface area contributed by atoms with Crippen LogP contribution in [0.2, 0.25) is 0 Å². The zero-order valence-electron chi connectivity index (χ0n) is 12.5. The molecule has 0 radical (unpaired) electrons. The summed E-state index contributed by atoms with van der Waals surface area (Å²) in [5.41, 5.74) is 0. The van der Waals surface area contributed by atoms with Crippen LogP contribution in [-0.2, 0) is 4.74 Å². The Balaban J connectivity index is 1.87. The van der Waals surface area contributed by atoms with E-state index in [9.17, 15) is 0 Å². The van der Waals surface area contributed by atoms with Crippen LogP contribution in [-0.4, -0.2) is 24.8 Å². The highest BCUT2D eigenvalue weighted by atomic mass is 16.5. The monoisotopic (exact) mass is 253 g/mol. The van der Waals surface area contributed by atoms with Crippen molar-refractivity contribution >= 4 is 0 Å². The fourth-order valence-corrected chi connectivity index (χ4v) is 3.72. The predicted molar refractivity (Wildman–Crippen MR) is 76.8 cm³/mol. The molecule has 5 atom stereocenters. The third-order valence-electron chi connectivity index (χ3n) is 4.78. The molecule has 2 rings (SSSR count). The van der Waals surface area contributed by atoms with Crippen molar-refractivity contribution in [3.63, 3.8) is 0 Å². The van der Waals surface area contributed by atoms with Crippen molar-refractivity contribution in [1.82, 2.24) is 5.32 Å². The Morgan fingerprint density at radius 2 is 1.78 bits per heavy atom. The van der Waals surface area contributed by atoms with Crippen LogP contribution in [0.25, 0.3) is 0 Å². The van der Waals surface area contributed by atoms with Gasteiger partial charge >= 0.3 is 0 Å². The van der Waals surface area contributed by atoms with Gasteiger partial charge in [0.25, 0.3) is 0 Å². The average Bonchev–Trinajstić information content (AvgIpc) is 2.33. The molecule has 0 amide bonds. The lowest BCUT2D eigenvalue weighted by molar-refractivity contribution is -0.0743. The van der Waals surface area contributed by atoms with Crippen LogP contribution in [0.3, 0.4) is 0 Å². The van der Waals surface area contributed by atoms with E-state index in [1.807, 2.05) is 0 Å². The minimum Gasteiger partial charge on any atom is -0.373 e. The first kappa shape index (κ1) is 14.3. The summed E-state index contributed by atoms with van der Waals surface area (Å²) < 4.78 is 6.48. The summed E-state index contributed by atoms with van der Waals surface area (Å²) in [7, 11) is 0. The molecule has 0 saturated heterocycles. The van der Waals surface area contributed by atoms with Crippen molar-refractivity contribution in [2.75, 3.05) is 6.54 Å². The van der Waals surface area contributed by atoms with Crippen molar-refractivity contribution in [1.29, 1.82) is 0 Å². The van der Waals surface area contributed by atoms with E-state index in [0.717, 1.165) is 18.4 Å². The third-order valence-corrected chi connectivity index (χ3v) is 4.78. The first-order valence-corrected chi connectivity index (χ1v) is 8.07. The molecular formula is C16H31NO. The standard InChI is InChI=1S/C16H31NO/c1-4-17-15-9-8-13(3)11-16(15)18-14-7-5-6-12(2)10-14/h12-17H,4-11H2,1-3H3. The zero-order valence-corrected chi connectivity index (χ0v) is 12.5. The summed E-state index contributed by atoms with van der Waals surface area (Å²) in [6.07, 6.45) is 10.2. The quantitative estimate of drug-likeness (QED) is 0.824. The van der Waals surface area contributed by atoms with Crippen molar-refractivity contribution < 1.29 is 4.74 Å². The second-order valence-corrected chi connectivity index (χ2v) is 6.65. The first-order valence-electron chi connectivity index (χ1n) is 8.07. The highest BCUT2D eigenvalue weighted by Gasteiger charge is 2.31. The predicted octanol–water partition coefficient (Wildman–Crippen LogP) is 3.75. The Hall–Kier alpha value is -0.0800. The van der Waals surface area contributed by atoms with Gasteiger partial charge in [-0.1, -0.05) is 33.6 Å². The van der Waals surface area contributed by atoms with Gasteiger partial charge in [0.1, 0.15) is 0 Å². The smallest absolute Gasteiger partial charge is 0.0734 e. The van der Waals surface area contributed by atoms with E-state index in [1.165, 1.54) is 44.9 Å². The van der Waals surface area contributed by atoms with Gasteiger partial charge < -0.3 is 10.1 Å². The van der Waals surface area contributed by atoms with Gasteiger partial charge in [-0.2, -0.15) is 0 Å². The molecule has 0 spiro atoms. The molecule has 5 unspecified atom stereocenters. The highest BCUT2D eigenvalue weighted by Crippen LogP contribution is 2.32. The number of ether oxygens (including phenoxy) is 1. The molecule has 106 valence electrons. The molecule has 2 saturated carbocycles. The Kier molecular flexibility index (Phi) is 5.50. The Morgan fingerprint density at radius 1 is 1.00 bits per heavy atom. The molecule has 2 aliphatic rings. The van der Waals surface area contributed by atoms with Crippen LogP contribution in [0.15, 0.2) is 0 Å². The summed E-state index contributed by atoms with van der Waals surface area (Å²) in [5.74, 6) is 1.70. The lowest BCUT2D eigenvalue weighted by Crippen LogP contribution is -2.47. The van der Waals surface area contributed by atoms with Gasteiger partial charge in [0.2, 0.25) is 0 Å². The number of rotatable bonds is 4. The molecule has 0 aromatic rings. The average molecular weight is 253 g/mol. The molecule has 2 aliphatic carbocycles. The van der Waals surface area contributed by atoms with Crippen LogP contribution < -0.4 is 5.32 Å². The molecule has 0 aromatic heterocycles. The van der Waals surface area contributed by atoms with Crippen molar-refractivity contribution in [2.45, 2.75) is 84.0 Å². The Labute approximate surface area is 113 Å². The van der Waals surface area contributed by atoms with Gasteiger partial charge in [-0.25, -0.2) is 0 Å². The van der Waals surface area contributed by atoms with Crippen molar-refractivity contribution in [3.05, 3.63) is 0 Å². The van der Waals surface area contributed by atoms with E-state index in [1.54, 1.807) is 0 Å². The number of nitrogens with one attached hydrogen (secondary N) is 1. The summed E-state index contributed by atoms with van der Waals surface area (Å²) in [5, 5.41) is 3.63. The number of hydrogen-bond acceptors (Lipinski definition) is 2. The molecule has 0 aliphatic heterocycles. The second kappa shape index (κ2) is 6.91. The maximum atomic E-state index is 6.48. The SMILES string of the molecule is CCNC1CCC(C)CC1OC1CCCC(C)C1. The largest absolute Gasteiger partial charge is 0.373 e. The molecule has 0 heterocycles. The lowest BCUT2D eigenvalue weighted by atomic mass is 9.84. The van der Waals surface area contributed by atoms with Crippen LogP contribution in [0.5, 0.6) is 0 Å². The molecule has 2 nitrogen and oxygen atoms in total. The van der Waals surface area contributed by atoms with Crippen LogP contribution in [0, 0.1) is 11.8 Å². The molecule has 1 N–H and O–H groups in total. The number of hydrogen-bond donors (Lipinski definition) is 1.